The summed E-state index contributed by atoms with van der Waals surface area (Å²) in [7, 11) is 0. The Morgan fingerprint density at radius 2 is 1.67 bits per heavy atom. The maximum absolute atomic E-state index is 11.7. The molecule has 1 N–H and O–H groups in total. The summed E-state index contributed by atoms with van der Waals surface area (Å²) in [6.07, 6.45) is -0.725. The molecule has 7 heteroatoms. The standard InChI is InChI=1S/C17H16ClNO4.Na/c18-14-8-6-12(7-9-14)10-15(16(20)21)19-17(22)23-11-13-4-2-1-3-5-13;/h1-9,15H,10-11H2,(H,19,22)(H,20,21);/q;+1/p-1/t15-;/m0./s1. The number of alkyl carbamates (subject to hydrolysis) is 1. The van der Waals surface area contributed by atoms with Gasteiger partial charge in [0.25, 0.3) is 0 Å². The number of benzene rings is 2. The zero-order chi connectivity index (χ0) is 16.7. The zero-order valence-corrected chi connectivity index (χ0v) is 16.0. The second kappa shape index (κ2) is 10.4. The monoisotopic (exact) mass is 355 g/mol. The van der Waals surface area contributed by atoms with E-state index in [0.717, 1.165) is 5.56 Å². The van der Waals surface area contributed by atoms with Crippen LogP contribution < -0.4 is 40.0 Å². The normalized spacial score (nSPS) is 11.0. The first-order valence-electron chi connectivity index (χ1n) is 6.97. The first-order chi connectivity index (χ1) is 11.0. The van der Waals surface area contributed by atoms with E-state index in [-0.39, 0.29) is 42.6 Å². The molecule has 0 saturated heterocycles. The largest absolute Gasteiger partial charge is 1.00 e. The van der Waals surface area contributed by atoms with Gasteiger partial charge in [0.05, 0.1) is 12.0 Å². The first kappa shape index (κ1) is 20.5. The van der Waals surface area contributed by atoms with Crippen LogP contribution in [0, 0.1) is 0 Å². The fourth-order valence-corrected chi connectivity index (χ4v) is 2.08. The van der Waals surface area contributed by atoms with Gasteiger partial charge in [0.15, 0.2) is 0 Å². The Labute approximate surface area is 167 Å². The molecule has 5 nitrogen and oxygen atoms in total. The van der Waals surface area contributed by atoms with Crippen LogP contribution >= 0.6 is 11.6 Å². The smallest absolute Gasteiger partial charge is 0.548 e. The van der Waals surface area contributed by atoms with Crippen molar-refractivity contribution in [2.75, 3.05) is 0 Å². The van der Waals surface area contributed by atoms with Crippen LogP contribution in [-0.4, -0.2) is 18.1 Å². The number of carboxylic acid groups (broad SMARTS) is 1. The third kappa shape index (κ3) is 6.93. The molecule has 0 heterocycles. The van der Waals surface area contributed by atoms with Gasteiger partial charge in [0, 0.05) is 5.02 Å². The van der Waals surface area contributed by atoms with Crippen molar-refractivity contribution in [2.45, 2.75) is 19.1 Å². The van der Waals surface area contributed by atoms with Gasteiger partial charge < -0.3 is 20.0 Å². The van der Waals surface area contributed by atoms with Gasteiger partial charge in [-0.1, -0.05) is 54.1 Å². The minimum absolute atomic E-state index is 0. The number of carboxylic acids is 1. The average Bonchev–Trinajstić information content (AvgIpc) is 2.55. The number of halogens is 1. The molecule has 0 fully saturated rings. The summed E-state index contributed by atoms with van der Waals surface area (Å²) in [6.45, 7) is 0.0629. The van der Waals surface area contributed by atoms with Crippen molar-refractivity contribution >= 4 is 23.7 Å². The zero-order valence-electron chi connectivity index (χ0n) is 13.2. The summed E-state index contributed by atoms with van der Waals surface area (Å²) < 4.78 is 5.00. The summed E-state index contributed by atoms with van der Waals surface area (Å²) in [5.74, 6) is -1.38. The second-order valence-electron chi connectivity index (χ2n) is 4.91. The predicted molar refractivity (Wildman–Crippen MR) is 83.7 cm³/mol. The van der Waals surface area contributed by atoms with Crippen LogP contribution in [0.15, 0.2) is 54.6 Å². The maximum atomic E-state index is 11.7. The molecular formula is C17H15ClNNaO4. The van der Waals surface area contributed by atoms with Crippen molar-refractivity contribution < 1.29 is 49.0 Å². The molecule has 0 spiro atoms. The minimum Gasteiger partial charge on any atom is -0.548 e. The van der Waals surface area contributed by atoms with Crippen LogP contribution in [0.1, 0.15) is 11.1 Å². The van der Waals surface area contributed by atoms with Crippen LogP contribution in [0.3, 0.4) is 0 Å². The average molecular weight is 356 g/mol. The van der Waals surface area contributed by atoms with E-state index in [1.807, 2.05) is 18.2 Å². The molecule has 120 valence electrons. The Morgan fingerprint density at radius 1 is 1.04 bits per heavy atom. The maximum Gasteiger partial charge on any atom is 1.00 e. The number of nitrogens with one attached hydrogen (secondary N) is 1. The number of hydrogen-bond acceptors (Lipinski definition) is 4. The van der Waals surface area contributed by atoms with Crippen molar-refractivity contribution in [1.82, 2.24) is 5.32 Å². The molecule has 24 heavy (non-hydrogen) atoms. The summed E-state index contributed by atoms with van der Waals surface area (Å²) >= 11 is 5.78. The number of hydrogen-bond donors (Lipinski definition) is 1. The molecule has 0 saturated carbocycles. The van der Waals surface area contributed by atoms with Crippen molar-refractivity contribution in [3.05, 3.63) is 70.7 Å². The van der Waals surface area contributed by atoms with Gasteiger partial charge in [0.2, 0.25) is 0 Å². The molecular weight excluding hydrogens is 341 g/mol. The van der Waals surface area contributed by atoms with Crippen LogP contribution in [0.25, 0.3) is 0 Å². The third-order valence-corrected chi connectivity index (χ3v) is 3.39. The number of aliphatic carboxylic acids is 1. The van der Waals surface area contributed by atoms with E-state index in [2.05, 4.69) is 5.32 Å². The number of amides is 1. The van der Waals surface area contributed by atoms with E-state index >= 15 is 0 Å². The summed E-state index contributed by atoms with van der Waals surface area (Å²) in [5, 5.41) is 14.0. The fraction of sp³-hybridized carbons (Fsp3) is 0.176. The number of carbonyl (C=O) groups excluding carboxylic acids is 2. The van der Waals surface area contributed by atoms with Crippen molar-refractivity contribution in [3.63, 3.8) is 0 Å². The van der Waals surface area contributed by atoms with Crippen LogP contribution in [-0.2, 0) is 22.6 Å². The number of carbonyl (C=O) groups is 2. The molecule has 0 aliphatic heterocycles. The molecule has 0 aliphatic carbocycles. The molecule has 2 rings (SSSR count). The third-order valence-electron chi connectivity index (χ3n) is 3.14. The van der Waals surface area contributed by atoms with E-state index in [4.69, 9.17) is 16.3 Å². The topological polar surface area (TPSA) is 78.5 Å². The SMILES string of the molecule is O=C(N[C@@H](Cc1ccc(Cl)cc1)C(=O)[O-])OCc1ccccc1.[Na+]. The summed E-state index contributed by atoms with van der Waals surface area (Å²) in [6, 6.07) is 14.6. The number of ether oxygens (including phenoxy) is 1. The summed E-state index contributed by atoms with van der Waals surface area (Å²) in [5.41, 5.74) is 1.53. The van der Waals surface area contributed by atoms with E-state index in [9.17, 15) is 14.7 Å². The van der Waals surface area contributed by atoms with Crippen molar-refractivity contribution in [2.24, 2.45) is 0 Å². The van der Waals surface area contributed by atoms with E-state index < -0.39 is 18.1 Å². The van der Waals surface area contributed by atoms with Crippen LogP contribution in [0.2, 0.25) is 5.02 Å². The Hall–Kier alpha value is -1.53. The van der Waals surface area contributed by atoms with Crippen LogP contribution in [0.4, 0.5) is 4.79 Å². The van der Waals surface area contributed by atoms with E-state index in [1.165, 1.54) is 0 Å². The molecule has 0 radical (unpaired) electrons. The van der Waals surface area contributed by atoms with Gasteiger partial charge in [-0.05, 0) is 29.7 Å². The van der Waals surface area contributed by atoms with Gasteiger partial charge >= 0.3 is 35.7 Å². The van der Waals surface area contributed by atoms with Gasteiger partial charge in [-0.2, -0.15) is 0 Å². The van der Waals surface area contributed by atoms with Gasteiger partial charge in [-0.25, -0.2) is 4.79 Å². The van der Waals surface area contributed by atoms with E-state index in [1.54, 1.807) is 36.4 Å². The van der Waals surface area contributed by atoms with Gasteiger partial charge in [-0.15, -0.1) is 0 Å². The fourth-order valence-electron chi connectivity index (χ4n) is 1.96. The molecule has 1 atom stereocenters. The molecule has 0 unspecified atom stereocenters. The molecule has 0 bridgehead atoms. The summed E-state index contributed by atoms with van der Waals surface area (Å²) in [4.78, 5) is 22.9. The molecule has 1 amide bonds. The molecule has 0 aromatic heterocycles. The predicted octanol–water partition coefficient (Wildman–Crippen LogP) is -1.07. The van der Waals surface area contributed by atoms with E-state index in [0.29, 0.717) is 10.6 Å². The molecule has 2 aromatic carbocycles. The van der Waals surface area contributed by atoms with Crippen LogP contribution in [0.5, 0.6) is 0 Å². The molecule has 2 aromatic rings. The Morgan fingerprint density at radius 3 is 2.25 bits per heavy atom. The number of rotatable bonds is 6. The second-order valence-corrected chi connectivity index (χ2v) is 5.34. The van der Waals surface area contributed by atoms with Gasteiger partial charge in [0.1, 0.15) is 6.61 Å². The minimum atomic E-state index is -1.38. The Kier molecular flexibility index (Phi) is 8.85. The Bertz CT molecular complexity index is 664. The quantitative estimate of drug-likeness (QED) is 0.669. The van der Waals surface area contributed by atoms with Crippen molar-refractivity contribution in [1.29, 1.82) is 0 Å². The van der Waals surface area contributed by atoms with Crippen molar-refractivity contribution in [3.8, 4) is 0 Å². The Balaban J connectivity index is 0.00000288. The van der Waals surface area contributed by atoms with Gasteiger partial charge in [-0.3, -0.25) is 0 Å². The first-order valence-corrected chi connectivity index (χ1v) is 7.35. The molecule has 0 aliphatic rings.